The maximum Gasteiger partial charge on any atom is 0.277 e. The third kappa shape index (κ3) is 2.34. The van der Waals surface area contributed by atoms with Crippen molar-refractivity contribution < 1.29 is 0 Å². The highest BCUT2D eigenvalue weighted by molar-refractivity contribution is 6.05. The fourth-order valence-electron chi connectivity index (χ4n) is 2.78. The Morgan fingerprint density at radius 1 is 1.24 bits per heavy atom. The summed E-state index contributed by atoms with van der Waals surface area (Å²) in [6.45, 7) is 1.65. The average Bonchev–Trinajstić information content (AvgIpc) is 2.76. The molecule has 0 fully saturated rings. The van der Waals surface area contributed by atoms with Crippen LogP contribution in [-0.4, -0.2) is 39.7 Å². The largest absolute Gasteiger partial charge is 0.338 e. The summed E-state index contributed by atoms with van der Waals surface area (Å²) < 4.78 is 3.66. The number of aromatic nitrogens is 3. The van der Waals surface area contributed by atoms with Gasteiger partial charge in [-0.05, 0) is 33.1 Å². The molecule has 3 aromatic rings. The van der Waals surface area contributed by atoms with E-state index < -0.39 is 0 Å². The Balaban J connectivity index is 2.10. The third-order valence-corrected chi connectivity index (χ3v) is 3.87. The Bertz CT molecular complexity index is 844. The molecular weight excluding hydrogens is 264 g/mol. The highest BCUT2D eigenvalue weighted by atomic mass is 16.1. The first-order chi connectivity index (χ1) is 10.1. The van der Waals surface area contributed by atoms with Crippen LogP contribution < -0.4 is 5.56 Å². The zero-order chi connectivity index (χ0) is 15.0. The molecule has 0 bridgehead atoms. The first-order valence-electron chi connectivity index (χ1n) is 7.17. The van der Waals surface area contributed by atoms with Gasteiger partial charge in [-0.3, -0.25) is 9.36 Å². The van der Waals surface area contributed by atoms with Crippen molar-refractivity contribution in [2.24, 2.45) is 7.05 Å². The average molecular weight is 284 g/mol. The van der Waals surface area contributed by atoms with Gasteiger partial charge in [0.1, 0.15) is 11.0 Å². The van der Waals surface area contributed by atoms with Crippen LogP contribution in [0.1, 0.15) is 6.42 Å². The molecule has 21 heavy (non-hydrogen) atoms. The van der Waals surface area contributed by atoms with Gasteiger partial charge >= 0.3 is 0 Å². The van der Waals surface area contributed by atoms with Gasteiger partial charge in [-0.2, -0.15) is 0 Å². The Morgan fingerprint density at radius 3 is 2.76 bits per heavy atom. The van der Waals surface area contributed by atoms with E-state index >= 15 is 0 Å². The van der Waals surface area contributed by atoms with Gasteiger partial charge in [0.05, 0.1) is 11.8 Å². The minimum atomic E-state index is 0.0393. The third-order valence-electron chi connectivity index (χ3n) is 3.87. The molecule has 0 spiro atoms. The van der Waals surface area contributed by atoms with E-state index in [1.54, 1.807) is 10.9 Å². The van der Waals surface area contributed by atoms with Crippen molar-refractivity contribution in [2.75, 3.05) is 20.6 Å². The van der Waals surface area contributed by atoms with E-state index in [0.717, 1.165) is 29.4 Å². The number of fused-ring (bicyclic) bond motifs is 3. The first kappa shape index (κ1) is 13.8. The quantitative estimate of drug-likeness (QED) is 0.734. The Morgan fingerprint density at radius 2 is 2.00 bits per heavy atom. The second kappa shape index (κ2) is 5.33. The van der Waals surface area contributed by atoms with Crippen LogP contribution in [0, 0.1) is 0 Å². The summed E-state index contributed by atoms with van der Waals surface area (Å²) in [5, 5.41) is 1.03. The molecule has 1 aromatic carbocycles. The number of hydrogen-bond donors (Lipinski definition) is 0. The lowest BCUT2D eigenvalue weighted by Gasteiger charge is -2.10. The predicted octanol–water partition coefficient (Wildman–Crippen LogP) is 1.84. The number of para-hydroxylation sites is 1. The molecule has 2 aromatic heterocycles. The van der Waals surface area contributed by atoms with E-state index in [1.165, 1.54) is 0 Å². The van der Waals surface area contributed by atoms with Gasteiger partial charge in [0.2, 0.25) is 0 Å². The molecule has 0 radical (unpaired) electrons. The second-order valence-corrected chi connectivity index (χ2v) is 5.67. The minimum absolute atomic E-state index is 0.0393. The molecule has 2 heterocycles. The lowest BCUT2D eigenvalue weighted by molar-refractivity contribution is 0.384. The summed E-state index contributed by atoms with van der Waals surface area (Å²) >= 11 is 0. The van der Waals surface area contributed by atoms with Crippen LogP contribution >= 0.6 is 0 Å². The lowest BCUT2D eigenvalue weighted by atomic mass is 10.2. The van der Waals surface area contributed by atoms with Gasteiger partial charge in [0.15, 0.2) is 0 Å². The van der Waals surface area contributed by atoms with Gasteiger partial charge in [0.25, 0.3) is 5.56 Å². The van der Waals surface area contributed by atoms with Crippen molar-refractivity contribution >= 4 is 21.9 Å². The highest BCUT2D eigenvalue weighted by Crippen LogP contribution is 2.23. The fraction of sp³-hybridized carbons (Fsp3) is 0.375. The van der Waals surface area contributed by atoms with Gasteiger partial charge in [-0.15, -0.1) is 0 Å². The lowest BCUT2D eigenvalue weighted by Crippen LogP contribution is -2.24. The van der Waals surface area contributed by atoms with Crippen LogP contribution in [0.2, 0.25) is 0 Å². The van der Waals surface area contributed by atoms with Crippen LogP contribution in [0.15, 0.2) is 35.4 Å². The topological polar surface area (TPSA) is 43.1 Å². The number of nitrogens with zero attached hydrogens (tertiary/aromatic N) is 4. The normalized spacial score (nSPS) is 11.8. The van der Waals surface area contributed by atoms with Gasteiger partial charge in [-0.25, -0.2) is 4.98 Å². The van der Waals surface area contributed by atoms with E-state index in [9.17, 15) is 4.79 Å². The van der Waals surface area contributed by atoms with Crippen LogP contribution in [0.5, 0.6) is 0 Å². The summed E-state index contributed by atoms with van der Waals surface area (Å²) in [6.07, 6.45) is 2.61. The molecule has 0 N–H and O–H groups in total. The smallest absolute Gasteiger partial charge is 0.277 e. The zero-order valence-corrected chi connectivity index (χ0v) is 12.7. The van der Waals surface area contributed by atoms with Gasteiger partial charge < -0.3 is 9.47 Å². The maximum absolute atomic E-state index is 12.7. The molecule has 5 heteroatoms. The second-order valence-electron chi connectivity index (χ2n) is 5.67. The molecule has 0 amide bonds. The summed E-state index contributed by atoms with van der Waals surface area (Å²) in [7, 11) is 6.00. The summed E-state index contributed by atoms with van der Waals surface area (Å²) in [6, 6.07) is 8.00. The fourth-order valence-corrected chi connectivity index (χ4v) is 2.78. The van der Waals surface area contributed by atoms with Crippen molar-refractivity contribution in [3.8, 4) is 0 Å². The molecule has 0 saturated heterocycles. The van der Waals surface area contributed by atoms with Crippen molar-refractivity contribution in [1.82, 2.24) is 19.0 Å². The van der Waals surface area contributed by atoms with E-state index in [1.807, 2.05) is 50.0 Å². The number of aryl methyl sites for hydroxylation is 2. The predicted molar refractivity (Wildman–Crippen MR) is 85.7 cm³/mol. The van der Waals surface area contributed by atoms with Crippen LogP contribution in [0.3, 0.4) is 0 Å². The van der Waals surface area contributed by atoms with Crippen molar-refractivity contribution in [2.45, 2.75) is 13.0 Å². The summed E-state index contributed by atoms with van der Waals surface area (Å²) in [4.78, 5) is 19.3. The molecule has 110 valence electrons. The Kier molecular flexibility index (Phi) is 3.51. The highest BCUT2D eigenvalue weighted by Gasteiger charge is 2.13. The minimum Gasteiger partial charge on any atom is -0.338 e. The SMILES string of the molecule is CN(C)CCCn1cnc2c3ccccc3n(C)c2c1=O. The summed E-state index contributed by atoms with van der Waals surface area (Å²) in [5.74, 6) is 0. The van der Waals surface area contributed by atoms with Crippen molar-refractivity contribution in [3.63, 3.8) is 0 Å². The van der Waals surface area contributed by atoms with Crippen molar-refractivity contribution in [1.29, 1.82) is 0 Å². The number of hydrogen-bond acceptors (Lipinski definition) is 3. The Hall–Kier alpha value is -2.14. The zero-order valence-electron chi connectivity index (χ0n) is 12.7. The molecule has 0 atom stereocenters. The van der Waals surface area contributed by atoms with E-state index in [0.29, 0.717) is 12.1 Å². The molecular formula is C16H20N4O. The van der Waals surface area contributed by atoms with Crippen LogP contribution in [0.25, 0.3) is 21.9 Å². The van der Waals surface area contributed by atoms with Crippen LogP contribution in [0.4, 0.5) is 0 Å². The standard InChI is InChI=1S/C16H20N4O/c1-18(2)9-6-10-20-11-17-14-12-7-4-5-8-13(12)19(3)15(14)16(20)21/h4-5,7-8,11H,6,9-10H2,1-3H3. The first-order valence-corrected chi connectivity index (χ1v) is 7.17. The molecule has 0 aliphatic rings. The van der Waals surface area contributed by atoms with Gasteiger partial charge in [0, 0.05) is 19.0 Å². The number of rotatable bonds is 4. The monoisotopic (exact) mass is 284 g/mol. The van der Waals surface area contributed by atoms with Gasteiger partial charge in [-0.1, -0.05) is 18.2 Å². The maximum atomic E-state index is 12.7. The molecule has 0 saturated carbocycles. The summed E-state index contributed by atoms with van der Waals surface area (Å²) in [5.41, 5.74) is 2.56. The molecule has 5 nitrogen and oxygen atoms in total. The number of benzene rings is 1. The molecule has 0 aliphatic carbocycles. The van der Waals surface area contributed by atoms with E-state index in [2.05, 4.69) is 9.88 Å². The molecule has 3 rings (SSSR count). The molecule has 0 aliphatic heterocycles. The van der Waals surface area contributed by atoms with E-state index in [-0.39, 0.29) is 5.56 Å². The van der Waals surface area contributed by atoms with Crippen molar-refractivity contribution in [3.05, 3.63) is 40.9 Å². The molecule has 0 unspecified atom stereocenters. The Labute approximate surface area is 123 Å². The van der Waals surface area contributed by atoms with E-state index in [4.69, 9.17) is 0 Å². The van der Waals surface area contributed by atoms with Crippen LogP contribution in [-0.2, 0) is 13.6 Å².